The Morgan fingerprint density at radius 3 is 2.07 bits per heavy atom. The van der Waals surface area contributed by atoms with Gasteiger partial charge in [-0.3, -0.25) is 4.79 Å². The highest BCUT2D eigenvalue weighted by Crippen LogP contribution is 2.20. The molecule has 0 aromatic carbocycles. The van der Waals surface area contributed by atoms with Gasteiger partial charge in [-0.15, -0.1) is 0 Å². The maximum absolute atomic E-state index is 11.4. The summed E-state index contributed by atoms with van der Waals surface area (Å²) in [5.41, 5.74) is 0.117. The van der Waals surface area contributed by atoms with E-state index in [0.717, 1.165) is 25.7 Å². The molecular weight excluding hydrogens is 176 g/mol. The summed E-state index contributed by atoms with van der Waals surface area (Å²) >= 11 is 0. The van der Waals surface area contributed by atoms with E-state index in [4.69, 9.17) is 0 Å². The minimum absolute atomic E-state index is 0.0237. The van der Waals surface area contributed by atoms with Crippen LogP contribution in [-0.2, 0) is 9.90 Å². The summed E-state index contributed by atoms with van der Waals surface area (Å²) in [5.74, 6) is 0.361. The van der Waals surface area contributed by atoms with Crippen LogP contribution in [0.5, 0.6) is 0 Å². The lowest BCUT2D eigenvalue weighted by Crippen LogP contribution is -2.12. The van der Waals surface area contributed by atoms with Gasteiger partial charge in [0.2, 0.25) is 0 Å². The molecule has 0 aromatic rings. The summed E-state index contributed by atoms with van der Waals surface area (Å²) in [5, 5.41) is 10.1. The van der Waals surface area contributed by atoms with Crippen LogP contribution in [-0.4, -0.2) is 12.4 Å². The van der Waals surface area contributed by atoms with Gasteiger partial charge in [0.1, 0.15) is 5.78 Å². The Kier molecular flexibility index (Phi) is 6.81. The molecule has 0 atom stereocenters. The van der Waals surface area contributed by atoms with Gasteiger partial charge in [-0.2, -0.15) is 0 Å². The Balaban J connectivity index is 3.36. The fraction of sp³-hybridized carbons (Fsp3) is 0.917. The first-order valence-electron chi connectivity index (χ1n) is 5.55. The number of unbranched alkanes of at least 4 members (excludes halogenated alkanes) is 3. The summed E-state index contributed by atoms with van der Waals surface area (Å²) in [6.45, 7) is 6.28. The minimum atomic E-state index is 0.0237. The van der Waals surface area contributed by atoms with E-state index in [-0.39, 0.29) is 12.0 Å². The molecule has 0 saturated carbocycles. The van der Waals surface area contributed by atoms with Gasteiger partial charge in [0.05, 0.1) is 6.61 Å². The highest BCUT2D eigenvalue weighted by Gasteiger charge is 2.14. The van der Waals surface area contributed by atoms with Crippen molar-refractivity contribution >= 4 is 5.78 Å². The SMILES string of the molecule is CC(C)(C)CC(=O)CCCCCC[O]. The van der Waals surface area contributed by atoms with Crippen molar-refractivity contribution in [2.75, 3.05) is 6.61 Å². The molecule has 0 saturated heterocycles. The maximum Gasteiger partial charge on any atom is 0.133 e. The van der Waals surface area contributed by atoms with Gasteiger partial charge in [-0.05, 0) is 18.3 Å². The van der Waals surface area contributed by atoms with E-state index in [0.29, 0.717) is 18.6 Å². The van der Waals surface area contributed by atoms with Crippen molar-refractivity contribution in [2.24, 2.45) is 5.41 Å². The molecule has 2 heteroatoms. The van der Waals surface area contributed by atoms with E-state index in [1.807, 2.05) is 0 Å². The number of hydrogen-bond donors (Lipinski definition) is 0. The quantitative estimate of drug-likeness (QED) is 0.579. The molecule has 1 radical (unpaired) electrons. The standard InChI is InChI=1S/C12H23O2/c1-12(2,3)10-11(14)8-6-4-5-7-9-13/h4-10H2,1-3H3. The number of carbonyl (C=O) groups excluding carboxylic acids is 1. The summed E-state index contributed by atoms with van der Waals surface area (Å²) < 4.78 is 0. The average Bonchev–Trinajstić information content (AvgIpc) is 2.00. The molecule has 0 fully saturated rings. The predicted octanol–water partition coefficient (Wildman–Crippen LogP) is 3.37. The lowest BCUT2D eigenvalue weighted by molar-refractivity contribution is -0.120. The third kappa shape index (κ3) is 9.72. The van der Waals surface area contributed by atoms with Crippen LogP contribution in [0.1, 0.15) is 59.3 Å². The Morgan fingerprint density at radius 1 is 1.00 bits per heavy atom. The maximum atomic E-state index is 11.4. The summed E-state index contributed by atoms with van der Waals surface area (Å²) in [6, 6.07) is 0. The van der Waals surface area contributed by atoms with Crippen LogP contribution in [0, 0.1) is 5.41 Å². The number of rotatable bonds is 7. The molecule has 0 bridgehead atoms. The molecule has 0 aliphatic carbocycles. The predicted molar refractivity (Wildman–Crippen MR) is 57.7 cm³/mol. The van der Waals surface area contributed by atoms with Crippen LogP contribution >= 0.6 is 0 Å². The Hall–Kier alpha value is -0.370. The Bertz CT molecular complexity index is 156. The second kappa shape index (κ2) is 6.99. The van der Waals surface area contributed by atoms with E-state index in [9.17, 15) is 9.90 Å². The Labute approximate surface area is 87.7 Å². The fourth-order valence-corrected chi connectivity index (χ4v) is 1.46. The van der Waals surface area contributed by atoms with Crippen molar-refractivity contribution in [3.63, 3.8) is 0 Å². The number of ketones is 1. The molecule has 0 heterocycles. The van der Waals surface area contributed by atoms with E-state index < -0.39 is 0 Å². The molecule has 14 heavy (non-hydrogen) atoms. The van der Waals surface area contributed by atoms with Gasteiger partial charge in [0.25, 0.3) is 0 Å². The Morgan fingerprint density at radius 2 is 1.57 bits per heavy atom. The second-order valence-corrected chi connectivity index (χ2v) is 5.14. The van der Waals surface area contributed by atoms with Crippen LogP contribution in [0.15, 0.2) is 0 Å². The molecule has 0 N–H and O–H groups in total. The second-order valence-electron chi connectivity index (χ2n) is 5.14. The topological polar surface area (TPSA) is 37.0 Å². The van der Waals surface area contributed by atoms with E-state index in [1.54, 1.807) is 0 Å². The van der Waals surface area contributed by atoms with Gasteiger partial charge < -0.3 is 0 Å². The van der Waals surface area contributed by atoms with Gasteiger partial charge in [-0.1, -0.05) is 33.6 Å². The first-order chi connectivity index (χ1) is 6.45. The van der Waals surface area contributed by atoms with Gasteiger partial charge in [0, 0.05) is 12.8 Å². The molecule has 0 aliphatic rings. The highest BCUT2D eigenvalue weighted by molar-refractivity contribution is 5.78. The molecule has 2 nitrogen and oxygen atoms in total. The molecule has 0 spiro atoms. The molecule has 0 rings (SSSR count). The lowest BCUT2D eigenvalue weighted by Gasteiger charge is -2.16. The van der Waals surface area contributed by atoms with Gasteiger partial charge in [-0.25, -0.2) is 5.11 Å². The fourth-order valence-electron chi connectivity index (χ4n) is 1.46. The summed E-state index contributed by atoms with van der Waals surface area (Å²) in [7, 11) is 0. The summed E-state index contributed by atoms with van der Waals surface area (Å²) in [6.07, 6.45) is 5.08. The normalized spacial score (nSPS) is 11.7. The van der Waals surface area contributed by atoms with Crippen LogP contribution < -0.4 is 0 Å². The first-order valence-corrected chi connectivity index (χ1v) is 5.55. The third-order valence-corrected chi connectivity index (χ3v) is 2.08. The zero-order valence-electron chi connectivity index (χ0n) is 9.77. The van der Waals surface area contributed by atoms with Crippen LogP contribution in [0.3, 0.4) is 0 Å². The zero-order chi connectivity index (χ0) is 11.0. The molecule has 0 amide bonds. The summed E-state index contributed by atoms with van der Waals surface area (Å²) in [4.78, 5) is 11.4. The zero-order valence-corrected chi connectivity index (χ0v) is 9.77. The molecule has 83 valence electrons. The molecule has 0 aliphatic heterocycles. The van der Waals surface area contributed by atoms with E-state index in [2.05, 4.69) is 20.8 Å². The van der Waals surface area contributed by atoms with Crippen LogP contribution in [0.2, 0.25) is 0 Å². The third-order valence-electron chi connectivity index (χ3n) is 2.08. The van der Waals surface area contributed by atoms with Crippen LogP contribution in [0.25, 0.3) is 0 Å². The number of hydrogen-bond acceptors (Lipinski definition) is 1. The molecular formula is C12H23O2. The van der Waals surface area contributed by atoms with Crippen molar-refractivity contribution in [1.82, 2.24) is 0 Å². The van der Waals surface area contributed by atoms with Gasteiger partial charge in [0.15, 0.2) is 0 Å². The first kappa shape index (κ1) is 13.6. The van der Waals surface area contributed by atoms with Gasteiger partial charge >= 0.3 is 0 Å². The van der Waals surface area contributed by atoms with Crippen molar-refractivity contribution in [1.29, 1.82) is 0 Å². The smallest absolute Gasteiger partial charge is 0.133 e. The molecule has 0 aromatic heterocycles. The minimum Gasteiger partial charge on any atom is -0.300 e. The largest absolute Gasteiger partial charge is 0.300 e. The monoisotopic (exact) mass is 199 g/mol. The van der Waals surface area contributed by atoms with Crippen molar-refractivity contribution in [3.05, 3.63) is 0 Å². The van der Waals surface area contributed by atoms with Crippen molar-refractivity contribution < 1.29 is 9.90 Å². The van der Waals surface area contributed by atoms with E-state index in [1.165, 1.54) is 0 Å². The van der Waals surface area contributed by atoms with Crippen LogP contribution in [0.4, 0.5) is 0 Å². The molecule has 0 unspecified atom stereocenters. The highest BCUT2D eigenvalue weighted by atomic mass is 16.2. The average molecular weight is 199 g/mol. The number of carbonyl (C=O) groups is 1. The van der Waals surface area contributed by atoms with Crippen molar-refractivity contribution in [2.45, 2.75) is 59.3 Å². The van der Waals surface area contributed by atoms with E-state index >= 15 is 0 Å². The number of Topliss-reactive ketones (excluding diaryl/α,β-unsaturated/α-hetero) is 1. The van der Waals surface area contributed by atoms with Crippen molar-refractivity contribution in [3.8, 4) is 0 Å². The lowest BCUT2D eigenvalue weighted by atomic mass is 9.88.